The van der Waals surface area contributed by atoms with Gasteiger partial charge in [0.15, 0.2) is 5.75 Å². The molecule has 2 nitrogen and oxygen atoms in total. The molecule has 1 aliphatic heterocycles. The first-order valence-electron chi connectivity index (χ1n) is 3.99. The molecule has 2 heteroatoms. The predicted molar refractivity (Wildman–Crippen MR) is 48.5 cm³/mol. The van der Waals surface area contributed by atoms with Gasteiger partial charge in [0.05, 0.1) is 0 Å². The van der Waals surface area contributed by atoms with E-state index >= 15 is 0 Å². The fourth-order valence-electron chi connectivity index (χ4n) is 1.28. The Kier molecular flexibility index (Phi) is 1.54. The average molecular weight is 161 g/mol. The monoisotopic (exact) mass is 161 g/mol. The van der Waals surface area contributed by atoms with Crippen molar-refractivity contribution in [3.63, 3.8) is 0 Å². The van der Waals surface area contributed by atoms with Crippen molar-refractivity contribution < 1.29 is 4.84 Å². The summed E-state index contributed by atoms with van der Waals surface area (Å²) in [6.45, 7) is 4.09. The van der Waals surface area contributed by atoms with Crippen molar-refractivity contribution >= 4 is 5.57 Å². The van der Waals surface area contributed by atoms with E-state index in [1.807, 2.05) is 25.1 Å². The van der Waals surface area contributed by atoms with Crippen LogP contribution in [0.3, 0.4) is 0 Å². The first kappa shape index (κ1) is 7.22. The molecule has 0 unspecified atom stereocenters. The second kappa shape index (κ2) is 2.55. The van der Waals surface area contributed by atoms with Crippen molar-refractivity contribution in [1.82, 2.24) is 5.48 Å². The molecule has 1 heterocycles. The largest absolute Gasteiger partial charge is 0.382 e. The topological polar surface area (TPSA) is 21.3 Å². The Hall–Kier alpha value is -1.44. The van der Waals surface area contributed by atoms with Gasteiger partial charge in [-0.05, 0) is 25.5 Å². The summed E-state index contributed by atoms with van der Waals surface area (Å²) < 4.78 is 0. The lowest BCUT2D eigenvalue weighted by Crippen LogP contribution is -2.21. The summed E-state index contributed by atoms with van der Waals surface area (Å²) >= 11 is 0. The summed E-state index contributed by atoms with van der Waals surface area (Å²) in [6.07, 6.45) is 0. The summed E-state index contributed by atoms with van der Waals surface area (Å²) in [5.41, 5.74) is 6.37. The van der Waals surface area contributed by atoms with Gasteiger partial charge in [-0.25, -0.2) is 5.48 Å². The quantitative estimate of drug-likeness (QED) is 0.630. The molecule has 0 amide bonds. The standard InChI is InChI=1S/C10H11NO/c1-7-8(2)11-12-10-6-4-3-5-9(7)10/h3-6,11H,1-2H3. The van der Waals surface area contributed by atoms with E-state index in [2.05, 4.69) is 18.5 Å². The van der Waals surface area contributed by atoms with Gasteiger partial charge in [0.1, 0.15) is 0 Å². The molecule has 0 saturated heterocycles. The highest BCUT2D eigenvalue weighted by Crippen LogP contribution is 2.29. The fraction of sp³-hybridized carbons (Fsp3) is 0.200. The summed E-state index contributed by atoms with van der Waals surface area (Å²) in [7, 11) is 0. The zero-order valence-corrected chi connectivity index (χ0v) is 7.22. The van der Waals surface area contributed by atoms with Crippen molar-refractivity contribution in [3.05, 3.63) is 35.5 Å². The van der Waals surface area contributed by atoms with Gasteiger partial charge in [0, 0.05) is 11.3 Å². The van der Waals surface area contributed by atoms with E-state index in [4.69, 9.17) is 4.84 Å². The number of hydrogen-bond acceptors (Lipinski definition) is 2. The number of allylic oxidation sites excluding steroid dienone is 2. The van der Waals surface area contributed by atoms with Gasteiger partial charge in [-0.1, -0.05) is 18.2 Å². The van der Waals surface area contributed by atoms with Crippen LogP contribution in [-0.2, 0) is 0 Å². The van der Waals surface area contributed by atoms with E-state index in [1.54, 1.807) is 0 Å². The first-order chi connectivity index (χ1) is 5.79. The lowest BCUT2D eigenvalue weighted by Gasteiger charge is -2.20. The third-order valence-corrected chi connectivity index (χ3v) is 2.17. The predicted octanol–water partition coefficient (Wildman–Crippen LogP) is 2.33. The SMILES string of the molecule is CC1=C(C)c2ccccc2ON1. The molecule has 0 aliphatic carbocycles. The van der Waals surface area contributed by atoms with Gasteiger partial charge >= 0.3 is 0 Å². The molecule has 1 aliphatic rings. The molecule has 12 heavy (non-hydrogen) atoms. The van der Waals surface area contributed by atoms with E-state index in [0.717, 1.165) is 11.4 Å². The molecule has 1 aromatic rings. The summed E-state index contributed by atoms with van der Waals surface area (Å²) in [6, 6.07) is 8.01. The molecule has 0 radical (unpaired) electrons. The lowest BCUT2D eigenvalue weighted by atomic mass is 10.0. The van der Waals surface area contributed by atoms with Crippen molar-refractivity contribution in [2.45, 2.75) is 13.8 Å². The minimum Gasteiger partial charge on any atom is -0.382 e. The minimum atomic E-state index is 0.903. The van der Waals surface area contributed by atoms with Crippen LogP contribution >= 0.6 is 0 Å². The Labute approximate surface area is 71.8 Å². The molecule has 62 valence electrons. The fourth-order valence-corrected chi connectivity index (χ4v) is 1.28. The van der Waals surface area contributed by atoms with Gasteiger partial charge in [-0.15, -0.1) is 0 Å². The molecule has 0 bridgehead atoms. The number of nitrogens with one attached hydrogen (secondary N) is 1. The van der Waals surface area contributed by atoms with E-state index in [9.17, 15) is 0 Å². The van der Waals surface area contributed by atoms with Gasteiger partial charge in [0.25, 0.3) is 0 Å². The van der Waals surface area contributed by atoms with Crippen molar-refractivity contribution in [2.75, 3.05) is 0 Å². The van der Waals surface area contributed by atoms with E-state index < -0.39 is 0 Å². The number of hydroxylamine groups is 1. The molecule has 0 spiro atoms. The number of rotatable bonds is 0. The van der Waals surface area contributed by atoms with Crippen LogP contribution in [0.4, 0.5) is 0 Å². The second-order valence-corrected chi connectivity index (χ2v) is 2.95. The zero-order chi connectivity index (χ0) is 8.55. The summed E-state index contributed by atoms with van der Waals surface area (Å²) in [5.74, 6) is 0.903. The zero-order valence-electron chi connectivity index (χ0n) is 7.22. The Balaban J connectivity index is 2.59. The summed E-state index contributed by atoms with van der Waals surface area (Å²) in [5, 5.41) is 0. The van der Waals surface area contributed by atoms with Crippen LogP contribution in [0.25, 0.3) is 5.57 Å². The van der Waals surface area contributed by atoms with Crippen LogP contribution in [0, 0.1) is 0 Å². The van der Waals surface area contributed by atoms with Crippen molar-refractivity contribution in [3.8, 4) is 5.75 Å². The second-order valence-electron chi connectivity index (χ2n) is 2.95. The van der Waals surface area contributed by atoms with Crippen LogP contribution in [0.5, 0.6) is 5.75 Å². The first-order valence-corrected chi connectivity index (χ1v) is 3.99. The van der Waals surface area contributed by atoms with Crippen LogP contribution in [0.2, 0.25) is 0 Å². The number of benzene rings is 1. The molecular weight excluding hydrogens is 150 g/mol. The lowest BCUT2D eigenvalue weighted by molar-refractivity contribution is 0.224. The Morgan fingerprint density at radius 2 is 1.92 bits per heavy atom. The molecule has 1 N–H and O–H groups in total. The van der Waals surface area contributed by atoms with Crippen LogP contribution in [-0.4, -0.2) is 0 Å². The van der Waals surface area contributed by atoms with Gasteiger partial charge in [-0.3, -0.25) is 0 Å². The maximum Gasteiger partial charge on any atom is 0.162 e. The highest BCUT2D eigenvalue weighted by molar-refractivity contribution is 5.72. The molecule has 0 fully saturated rings. The molecule has 1 aromatic carbocycles. The minimum absolute atomic E-state index is 0.903. The highest BCUT2D eigenvalue weighted by atomic mass is 16.6. The highest BCUT2D eigenvalue weighted by Gasteiger charge is 2.12. The maximum absolute atomic E-state index is 5.30. The maximum atomic E-state index is 5.30. The number of fused-ring (bicyclic) bond motifs is 1. The molecular formula is C10H11NO. The third kappa shape index (κ3) is 0.961. The Morgan fingerprint density at radius 3 is 2.75 bits per heavy atom. The van der Waals surface area contributed by atoms with Crippen molar-refractivity contribution in [1.29, 1.82) is 0 Å². The average Bonchev–Trinajstić information content (AvgIpc) is 2.12. The van der Waals surface area contributed by atoms with Crippen LogP contribution in [0.1, 0.15) is 19.4 Å². The molecule has 2 rings (SSSR count). The Bertz CT molecular complexity index is 341. The number of hydrogen-bond donors (Lipinski definition) is 1. The Morgan fingerprint density at radius 1 is 1.17 bits per heavy atom. The molecule has 0 aromatic heterocycles. The van der Waals surface area contributed by atoms with Gasteiger partial charge in [0.2, 0.25) is 0 Å². The van der Waals surface area contributed by atoms with E-state index in [-0.39, 0.29) is 0 Å². The molecule has 0 saturated carbocycles. The van der Waals surface area contributed by atoms with Crippen LogP contribution < -0.4 is 10.3 Å². The molecule has 0 atom stereocenters. The van der Waals surface area contributed by atoms with E-state index in [0.29, 0.717) is 0 Å². The van der Waals surface area contributed by atoms with E-state index in [1.165, 1.54) is 11.1 Å². The smallest absolute Gasteiger partial charge is 0.162 e. The van der Waals surface area contributed by atoms with Gasteiger partial charge in [-0.2, -0.15) is 0 Å². The van der Waals surface area contributed by atoms with Crippen molar-refractivity contribution in [2.24, 2.45) is 0 Å². The van der Waals surface area contributed by atoms with Gasteiger partial charge < -0.3 is 4.84 Å². The number of para-hydroxylation sites is 1. The summed E-state index contributed by atoms with van der Waals surface area (Å²) in [4.78, 5) is 5.30. The van der Waals surface area contributed by atoms with Crippen LogP contribution in [0.15, 0.2) is 30.0 Å². The third-order valence-electron chi connectivity index (χ3n) is 2.17. The normalized spacial score (nSPS) is 14.8.